The second-order valence-corrected chi connectivity index (χ2v) is 4.24. The highest BCUT2D eigenvalue weighted by Crippen LogP contribution is 2.14. The molecular formula is C14H15ClO3. The Morgan fingerprint density at radius 1 is 1.22 bits per heavy atom. The van der Waals surface area contributed by atoms with Gasteiger partial charge in [0.15, 0.2) is 5.78 Å². The molecule has 0 radical (unpaired) electrons. The zero-order valence-electron chi connectivity index (χ0n) is 10.2. The number of carbonyl (C=O) groups excluding carboxylic acids is 2. The average Bonchev–Trinajstić information content (AvgIpc) is 2.39. The van der Waals surface area contributed by atoms with Crippen LogP contribution in [-0.4, -0.2) is 18.9 Å². The van der Waals surface area contributed by atoms with Gasteiger partial charge in [0.1, 0.15) is 0 Å². The Morgan fingerprint density at radius 3 is 2.50 bits per heavy atom. The molecule has 0 spiro atoms. The molecular weight excluding hydrogens is 252 g/mol. The summed E-state index contributed by atoms with van der Waals surface area (Å²) >= 11 is 5.94. The van der Waals surface area contributed by atoms with Crippen molar-refractivity contribution < 1.29 is 14.3 Å². The van der Waals surface area contributed by atoms with Crippen molar-refractivity contribution in [1.82, 2.24) is 0 Å². The number of hydrogen-bond donors (Lipinski definition) is 0. The summed E-state index contributed by atoms with van der Waals surface area (Å²) in [5.41, 5.74) is 0.601. The molecule has 1 aromatic rings. The van der Waals surface area contributed by atoms with Crippen molar-refractivity contribution in [3.8, 4) is 0 Å². The van der Waals surface area contributed by atoms with Crippen molar-refractivity contribution in [2.75, 3.05) is 7.11 Å². The first-order valence-electron chi connectivity index (χ1n) is 5.65. The third kappa shape index (κ3) is 5.15. The number of allylic oxidation sites excluding steroid dienone is 2. The fourth-order valence-corrected chi connectivity index (χ4v) is 1.64. The molecule has 1 aromatic carbocycles. The first kappa shape index (κ1) is 14.5. The molecule has 0 atom stereocenters. The van der Waals surface area contributed by atoms with Gasteiger partial charge in [0.05, 0.1) is 7.11 Å². The van der Waals surface area contributed by atoms with Crippen LogP contribution in [0.2, 0.25) is 0 Å². The second kappa shape index (κ2) is 7.67. The number of rotatable bonds is 6. The number of halogens is 1. The topological polar surface area (TPSA) is 43.4 Å². The van der Waals surface area contributed by atoms with Crippen LogP contribution in [0.4, 0.5) is 0 Å². The summed E-state index contributed by atoms with van der Waals surface area (Å²) in [5, 5.41) is 0.452. The van der Waals surface area contributed by atoms with Gasteiger partial charge in [-0.05, 0) is 12.8 Å². The molecule has 0 amide bonds. The summed E-state index contributed by atoms with van der Waals surface area (Å²) in [6.45, 7) is 0. The van der Waals surface area contributed by atoms with Gasteiger partial charge in [-0.2, -0.15) is 0 Å². The molecule has 0 aliphatic rings. The van der Waals surface area contributed by atoms with Crippen LogP contribution < -0.4 is 0 Å². The van der Waals surface area contributed by atoms with Gasteiger partial charge in [-0.25, -0.2) is 0 Å². The quantitative estimate of drug-likeness (QED) is 0.451. The maximum atomic E-state index is 11.8. The zero-order chi connectivity index (χ0) is 13.4. The fourth-order valence-electron chi connectivity index (χ4n) is 1.40. The Kier molecular flexibility index (Phi) is 6.15. The maximum absolute atomic E-state index is 11.8. The molecule has 0 heterocycles. The highest BCUT2D eigenvalue weighted by molar-refractivity contribution is 6.31. The molecule has 0 unspecified atom stereocenters. The van der Waals surface area contributed by atoms with E-state index in [1.54, 1.807) is 24.3 Å². The van der Waals surface area contributed by atoms with Gasteiger partial charge >= 0.3 is 5.97 Å². The van der Waals surface area contributed by atoms with Gasteiger partial charge in [-0.15, -0.1) is 0 Å². The van der Waals surface area contributed by atoms with Gasteiger partial charge in [-0.1, -0.05) is 41.9 Å². The number of esters is 1. The lowest BCUT2D eigenvalue weighted by molar-refractivity contribution is -0.140. The minimum atomic E-state index is -0.270. The molecule has 0 aromatic heterocycles. The van der Waals surface area contributed by atoms with E-state index in [-0.39, 0.29) is 11.8 Å². The Labute approximate surface area is 111 Å². The zero-order valence-corrected chi connectivity index (χ0v) is 10.9. The molecule has 18 heavy (non-hydrogen) atoms. The molecule has 0 aliphatic heterocycles. The third-order valence-electron chi connectivity index (χ3n) is 2.37. The predicted octanol–water partition coefficient (Wildman–Crippen LogP) is 3.34. The largest absolute Gasteiger partial charge is 0.469 e. The fraction of sp³-hybridized carbons (Fsp3) is 0.286. The molecule has 0 saturated carbocycles. The highest BCUT2D eigenvalue weighted by Gasteiger charge is 2.05. The number of ether oxygens (including phenoxy) is 1. The van der Waals surface area contributed by atoms with Gasteiger partial charge in [0, 0.05) is 23.1 Å². The molecule has 96 valence electrons. The van der Waals surface area contributed by atoms with Crippen molar-refractivity contribution in [2.45, 2.75) is 19.3 Å². The lowest BCUT2D eigenvalue weighted by Crippen LogP contribution is -1.99. The Bertz CT molecular complexity index is 438. The van der Waals surface area contributed by atoms with E-state index in [9.17, 15) is 9.59 Å². The standard InChI is InChI=1S/C14H15ClO3/c1-18-14(17)9-5-8-12(15)10-13(16)11-6-3-2-4-7-11/h2-4,6-7,10H,5,8-9H2,1H3/b12-10+. The molecule has 0 saturated heterocycles. The predicted molar refractivity (Wildman–Crippen MR) is 70.6 cm³/mol. The molecule has 0 N–H and O–H groups in total. The van der Waals surface area contributed by atoms with Gasteiger partial charge < -0.3 is 4.74 Å². The van der Waals surface area contributed by atoms with E-state index >= 15 is 0 Å². The SMILES string of the molecule is COC(=O)CCC/C(Cl)=C\C(=O)c1ccccc1. The second-order valence-electron chi connectivity index (χ2n) is 3.75. The van der Waals surface area contributed by atoms with Crippen molar-refractivity contribution in [2.24, 2.45) is 0 Å². The number of benzene rings is 1. The molecule has 0 fully saturated rings. The van der Waals surface area contributed by atoms with Crippen LogP contribution in [0, 0.1) is 0 Å². The summed E-state index contributed by atoms with van der Waals surface area (Å²) < 4.78 is 4.51. The van der Waals surface area contributed by atoms with E-state index in [1.165, 1.54) is 13.2 Å². The van der Waals surface area contributed by atoms with E-state index in [0.29, 0.717) is 29.9 Å². The molecule has 3 nitrogen and oxygen atoms in total. The molecule has 0 bridgehead atoms. The number of methoxy groups -OCH3 is 1. The van der Waals surface area contributed by atoms with Crippen LogP contribution in [-0.2, 0) is 9.53 Å². The number of ketones is 1. The molecule has 1 rings (SSSR count). The van der Waals surface area contributed by atoms with Crippen LogP contribution in [0.15, 0.2) is 41.4 Å². The van der Waals surface area contributed by atoms with Gasteiger partial charge in [0.25, 0.3) is 0 Å². The van der Waals surface area contributed by atoms with Gasteiger partial charge in [-0.3, -0.25) is 9.59 Å². The van der Waals surface area contributed by atoms with Crippen LogP contribution >= 0.6 is 11.6 Å². The average molecular weight is 267 g/mol. The van der Waals surface area contributed by atoms with Crippen molar-refractivity contribution in [3.63, 3.8) is 0 Å². The highest BCUT2D eigenvalue weighted by atomic mass is 35.5. The summed E-state index contributed by atoms with van der Waals surface area (Å²) in [6, 6.07) is 8.91. The Hall–Kier alpha value is -1.61. The Balaban J connectivity index is 2.46. The van der Waals surface area contributed by atoms with Crippen molar-refractivity contribution >= 4 is 23.4 Å². The number of hydrogen-bond acceptors (Lipinski definition) is 3. The minimum absolute atomic E-state index is 0.126. The van der Waals surface area contributed by atoms with Crippen LogP contribution in [0.25, 0.3) is 0 Å². The van der Waals surface area contributed by atoms with Gasteiger partial charge in [0.2, 0.25) is 0 Å². The molecule has 4 heteroatoms. The van der Waals surface area contributed by atoms with Crippen LogP contribution in [0.3, 0.4) is 0 Å². The lowest BCUT2D eigenvalue weighted by atomic mass is 10.1. The van der Waals surface area contributed by atoms with E-state index < -0.39 is 0 Å². The third-order valence-corrected chi connectivity index (χ3v) is 2.67. The Morgan fingerprint density at radius 2 is 1.89 bits per heavy atom. The number of carbonyl (C=O) groups is 2. The molecule has 0 aliphatic carbocycles. The maximum Gasteiger partial charge on any atom is 0.305 e. The normalized spacial score (nSPS) is 11.1. The summed E-state index contributed by atoms with van der Waals surface area (Å²) in [5.74, 6) is -0.396. The smallest absolute Gasteiger partial charge is 0.305 e. The first-order chi connectivity index (χ1) is 8.63. The van der Waals surface area contributed by atoms with Crippen molar-refractivity contribution in [3.05, 3.63) is 47.0 Å². The van der Waals surface area contributed by atoms with Crippen LogP contribution in [0.1, 0.15) is 29.6 Å². The van der Waals surface area contributed by atoms with Crippen LogP contribution in [0.5, 0.6) is 0 Å². The summed E-state index contributed by atoms with van der Waals surface area (Å²) in [6.07, 6.45) is 2.77. The lowest BCUT2D eigenvalue weighted by Gasteiger charge is -2.00. The monoisotopic (exact) mass is 266 g/mol. The van der Waals surface area contributed by atoms with E-state index in [1.807, 2.05) is 6.07 Å². The summed E-state index contributed by atoms with van der Waals surface area (Å²) in [7, 11) is 1.35. The summed E-state index contributed by atoms with van der Waals surface area (Å²) in [4.78, 5) is 22.6. The van der Waals surface area contributed by atoms with E-state index in [4.69, 9.17) is 11.6 Å². The van der Waals surface area contributed by atoms with Crippen molar-refractivity contribution in [1.29, 1.82) is 0 Å². The van der Waals surface area contributed by atoms with E-state index in [2.05, 4.69) is 4.74 Å². The first-order valence-corrected chi connectivity index (χ1v) is 6.03. The minimum Gasteiger partial charge on any atom is -0.469 e. The van der Waals surface area contributed by atoms with E-state index in [0.717, 1.165) is 0 Å².